The van der Waals surface area contributed by atoms with E-state index in [1.54, 1.807) is 0 Å². The second-order valence-corrected chi connectivity index (χ2v) is 6.15. The number of ether oxygens (including phenoxy) is 2. The molecule has 0 N–H and O–H groups in total. The Labute approximate surface area is 91.1 Å². The molecule has 1 saturated heterocycles. The van der Waals surface area contributed by atoms with Gasteiger partial charge in [-0.3, -0.25) is 0 Å². The van der Waals surface area contributed by atoms with Crippen LogP contribution < -0.4 is 0 Å². The Balaban J connectivity index is 2.55. The van der Waals surface area contributed by atoms with Crippen LogP contribution in [0.2, 0.25) is 0 Å². The maximum atomic E-state index is 5.99. The molecule has 2 nitrogen and oxygen atoms in total. The fourth-order valence-corrected chi connectivity index (χ4v) is 3.23. The average molecular weight is 236 g/mol. The molecule has 4 unspecified atom stereocenters. The fraction of sp³-hybridized carbons (Fsp3) is 1.00. The lowest BCUT2D eigenvalue weighted by Gasteiger charge is -2.21. The Kier molecular flexibility index (Phi) is 5.28. The van der Waals surface area contributed by atoms with Gasteiger partial charge in [0.2, 0.25) is 0 Å². The summed E-state index contributed by atoms with van der Waals surface area (Å²) in [6.45, 7) is 8.66. The van der Waals surface area contributed by atoms with Crippen LogP contribution in [0.25, 0.3) is 0 Å². The minimum atomic E-state index is -0.311. The zero-order valence-electron chi connectivity index (χ0n) is 9.59. The van der Waals surface area contributed by atoms with Crippen molar-refractivity contribution in [1.82, 2.24) is 0 Å². The topological polar surface area (TPSA) is 18.5 Å². The molecule has 0 saturated carbocycles. The van der Waals surface area contributed by atoms with Crippen molar-refractivity contribution in [2.24, 2.45) is 0 Å². The molecule has 0 aromatic carbocycles. The van der Waals surface area contributed by atoms with E-state index in [-0.39, 0.29) is 5.79 Å². The highest BCUT2D eigenvalue weighted by molar-refractivity contribution is 7.37. The van der Waals surface area contributed by atoms with Crippen molar-refractivity contribution in [3.63, 3.8) is 0 Å². The van der Waals surface area contributed by atoms with Crippen molar-refractivity contribution in [3.8, 4) is 0 Å². The SMILES string of the molecule is CCC1(C)OC(CPC)C(CPC)O1. The lowest BCUT2D eigenvalue weighted by Crippen LogP contribution is -2.26. The third-order valence-corrected chi connectivity index (χ3v) is 4.29. The predicted molar refractivity (Wildman–Crippen MR) is 66.7 cm³/mol. The lowest BCUT2D eigenvalue weighted by molar-refractivity contribution is -0.159. The monoisotopic (exact) mass is 236 g/mol. The smallest absolute Gasteiger partial charge is 0.166 e. The molecule has 1 heterocycles. The average Bonchev–Trinajstić information content (AvgIpc) is 2.46. The van der Waals surface area contributed by atoms with E-state index in [0.717, 1.165) is 35.9 Å². The molecule has 14 heavy (non-hydrogen) atoms. The van der Waals surface area contributed by atoms with Crippen LogP contribution in [-0.2, 0) is 9.47 Å². The Bertz CT molecular complexity index is 162. The van der Waals surface area contributed by atoms with Crippen molar-refractivity contribution in [3.05, 3.63) is 0 Å². The molecular weight excluding hydrogens is 214 g/mol. The van der Waals surface area contributed by atoms with Crippen LogP contribution in [0.4, 0.5) is 0 Å². The summed E-state index contributed by atoms with van der Waals surface area (Å²) in [5, 5.41) is 0. The van der Waals surface area contributed by atoms with Gasteiger partial charge in [0.1, 0.15) is 0 Å². The summed E-state index contributed by atoms with van der Waals surface area (Å²) in [7, 11) is 1.92. The van der Waals surface area contributed by atoms with Gasteiger partial charge in [0.05, 0.1) is 12.2 Å². The predicted octanol–water partition coefficient (Wildman–Crippen LogP) is 2.51. The zero-order valence-corrected chi connectivity index (χ0v) is 11.6. The number of rotatable bonds is 5. The van der Waals surface area contributed by atoms with Crippen LogP contribution in [-0.4, -0.2) is 43.6 Å². The van der Waals surface area contributed by atoms with Gasteiger partial charge >= 0.3 is 0 Å². The molecule has 1 aliphatic rings. The molecule has 84 valence electrons. The molecule has 4 atom stereocenters. The van der Waals surface area contributed by atoms with E-state index in [2.05, 4.69) is 27.2 Å². The van der Waals surface area contributed by atoms with Crippen molar-refractivity contribution in [2.45, 2.75) is 38.3 Å². The molecule has 1 fully saturated rings. The van der Waals surface area contributed by atoms with Gasteiger partial charge in [-0.1, -0.05) is 6.92 Å². The van der Waals surface area contributed by atoms with Crippen molar-refractivity contribution in [2.75, 3.05) is 25.7 Å². The van der Waals surface area contributed by atoms with E-state index in [4.69, 9.17) is 9.47 Å². The van der Waals surface area contributed by atoms with Crippen molar-refractivity contribution in [1.29, 1.82) is 0 Å². The molecule has 0 aromatic heterocycles. The standard InChI is InChI=1S/C10H22O2P2/c1-5-10(2)11-8(6-13-3)9(12-10)7-14-4/h8-9,13-14H,5-7H2,1-4H3. The lowest BCUT2D eigenvalue weighted by atomic mass is 10.2. The molecular formula is C10H22O2P2. The van der Waals surface area contributed by atoms with Crippen LogP contribution in [0.3, 0.4) is 0 Å². The van der Waals surface area contributed by atoms with E-state index >= 15 is 0 Å². The van der Waals surface area contributed by atoms with Crippen molar-refractivity contribution >= 4 is 17.2 Å². The Hall–Kier alpha value is 0.780. The van der Waals surface area contributed by atoms with E-state index < -0.39 is 0 Å². The minimum Gasteiger partial charge on any atom is -0.344 e. The van der Waals surface area contributed by atoms with E-state index in [9.17, 15) is 0 Å². The Morgan fingerprint density at radius 2 is 1.50 bits per heavy atom. The summed E-state index contributed by atoms with van der Waals surface area (Å²) in [5.41, 5.74) is 0. The maximum Gasteiger partial charge on any atom is 0.166 e. The largest absolute Gasteiger partial charge is 0.344 e. The van der Waals surface area contributed by atoms with Crippen LogP contribution in [0, 0.1) is 0 Å². The number of hydrogen-bond acceptors (Lipinski definition) is 2. The third-order valence-electron chi connectivity index (χ3n) is 2.67. The summed E-state index contributed by atoms with van der Waals surface area (Å²) in [4.78, 5) is 0. The van der Waals surface area contributed by atoms with Crippen LogP contribution in [0.5, 0.6) is 0 Å². The van der Waals surface area contributed by atoms with Gasteiger partial charge in [-0.05, 0) is 39.0 Å². The Morgan fingerprint density at radius 3 is 1.79 bits per heavy atom. The molecule has 0 bridgehead atoms. The van der Waals surface area contributed by atoms with Crippen LogP contribution >= 0.6 is 17.2 Å². The van der Waals surface area contributed by atoms with Gasteiger partial charge in [-0.25, -0.2) is 0 Å². The highest BCUT2D eigenvalue weighted by Crippen LogP contribution is 2.35. The maximum absolute atomic E-state index is 5.99. The van der Waals surface area contributed by atoms with E-state index in [0.29, 0.717) is 12.2 Å². The zero-order chi connectivity index (χ0) is 10.6. The van der Waals surface area contributed by atoms with Crippen LogP contribution in [0.1, 0.15) is 20.3 Å². The van der Waals surface area contributed by atoms with Crippen molar-refractivity contribution < 1.29 is 9.47 Å². The summed E-state index contributed by atoms with van der Waals surface area (Å²) >= 11 is 0. The third kappa shape index (κ3) is 3.14. The first kappa shape index (κ1) is 12.8. The summed E-state index contributed by atoms with van der Waals surface area (Å²) in [6.07, 6.45) is 3.95. The van der Waals surface area contributed by atoms with Gasteiger partial charge in [-0.15, -0.1) is 17.2 Å². The molecule has 0 amide bonds. The molecule has 0 aliphatic carbocycles. The fourth-order valence-electron chi connectivity index (χ4n) is 1.74. The molecule has 1 rings (SSSR count). The summed E-state index contributed by atoms with van der Waals surface area (Å²) in [5.74, 6) is -0.311. The molecule has 0 spiro atoms. The van der Waals surface area contributed by atoms with E-state index in [1.807, 2.05) is 0 Å². The van der Waals surface area contributed by atoms with Gasteiger partial charge < -0.3 is 9.47 Å². The highest BCUT2D eigenvalue weighted by Gasteiger charge is 2.41. The molecule has 1 aliphatic heterocycles. The Morgan fingerprint density at radius 1 is 1.07 bits per heavy atom. The minimum absolute atomic E-state index is 0.311. The van der Waals surface area contributed by atoms with Gasteiger partial charge in [0.25, 0.3) is 0 Å². The van der Waals surface area contributed by atoms with Gasteiger partial charge in [0.15, 0.2) is 5.79 Å². The summed E-state index contributed by atoms with van der Waals surface area (Å²) in [6, 6.07) is 0. The molecule has 0 radical (unpaired) electrons. The highest BCUT2D eigenvalue weighted by atomic mass is 31.1. The summed E-state index contributed by atoms with van der Waals surface area (Å²) < 4.78 is 12.0. The van der Waals surface area contributed by atoms with Gasteiger partial charge in [0, 0.05) is 0 Å². The quantitative estimate of drug-likeness (QED) is 0.683. The second kappa shape index (κ2) is 5.75. The first-order chi connectivity index (χ1) is 6.65. The normalized spacial score (nSPS) is 39.4. The number of hydrogen-bond donors (Lipinski definition) is 0. The first-order valence-electron chi connectivity index (χ1n) is 5.30. The first-order valence-corrected chi connectivity index (χ1v) is 8.71. The van der Waals surface area contributed by atoms with Crippen LogP contribution in [0.15, 0.2) is 0 Å². The molecule has 4 heteroatoms. The van der Waals surface area contributed by atoms with E-state index in [1.165, 1.54) is 0 Å². The molecule has 0 aromatic rings. The van der Waals surface area contributed by atoms with Gasteiger partial charge in [-0.2, -0.15) is 0 Å². The second-order valence-electron chi connectivity index (χ2n) is 3.92.